The molecule has 1 heteroatoms. The molecule has 0 amide bonds. The van der Waals surface area contributed by atoms with E-state index >= 15 is 0 Å². The van der Waals surface area contributed by atoms with Crippen LogP contribution in [0.2, 0.25) is 0 Å². The maximum absolute atomic E-state index is 12.3. The van der Waals surface area contributed by atoms with E-state index in [1.807, 2.05) is 30.3 Å². The molecular formula is C15H19O. The number of carbonyl (C=O) groups excluding carboxylic acids is 1. The molecule has 0 saturated heterocycles. The Bertz CT molecular complexity index is 342. The van der Waals surface area contributed by atoms with Gasteiger partial charge in [0, 0.05) is 11.5 Å². The average Bonchev–Trinajstić information content (AvgIpc) is 2.39. The summed E-state index contributed by atoms with van der Waals surface area (Å²) in [5.41, 5.74) is 0.868. The summed E-state index contributed by atoms with van der Waals surface area (Å²) in [5.74, 6) is 1.05. The van der Waals surface area contributed by atoms with Crippen LogP contribution < -0.4 is 0 Å². The summed E-state index contributed by atoms with van der Waals surface area (Å²) in [6.07, 6.45) is 5.57. The third kappa shape index (κ3) is 2.34. The minimum absolute atomic E-state index is 0.216. The lowest BCUT2D eigenvalue weighted by Crippen LogP contribution is -2.26. The molecule has 1 aromatic carbocycles. The number of carbonyl (C=O) groups is 1. The van der Waals surface area contributed by atoms with Gasteiger partial charge in [0.1, 0.15) is 0 Å². The van der Waals surface area contributed by atoms with Gasteiger partial charge in [-0.2, -0.15) is 0 Å². The number of benzene rings is 1. The van der Waals surface area contributed by atoms with Gasteiger partial charge >= 0.3 is 0 Å². The number of ketones is 1. The van der Waals surface area contributed by atoms with Crippen molar-refractivity contribution in [2.75, 3.05) is 0 Å². The van der Waals surface area contributed by atoms with Crippen molar-refractivity contribution in [2.24, 2.45) is 11.8 Å². The highest BCUT2D eigenvalue weighted by molar-refractivity contribution is 5.98. The van der Waals surface area contributed by atoms with Crippen LogP contribution in [0, 0.1) is 18.8 Å². The predicted molar refractivity (Wildman–Crippen MR) is 66.2 cm³/mol. The monoisotopic (exact) mass is 215 g/mol. The van der Waals surface area contributed by atoms with Gasteiger partial charge in [-0.3, -0.25) is 4.79 Å². The lowest BCUT2D eigenvalue weighted by molar-refractivity contribution is 0.0825. The molecule has 2 atom stereocenters. The van der Waals surface area contributed by atoms with E-state index in [0.29, 0.717) is 11.7 Å². The minimum Gasteiger partial charge on any atom is -0.294 e. The minimum atomic E-state index is 0.216. The third-order valence-corrected chi connectivity index (χ3v) is 3.67. The molecule has 0 aliphatic heterocycles. The van der Waals surface area contributed by atoms with Crippen LogP contribution in [0.15, 0.2) is 30.3 Å². The summed E-state index contributed by atoms with van der Waals surface area (Å²) < 4.78 is 0. The molecule has 85 valence electrons. The van der Waals surface area contributed by atoms with Crippen LogP contribution in [-0.4, -0.2) is 5.78 Å². The van der Waals surface area contributed by atoms with Crippen molar-refractivity contribution in [3.8, 4) is 0 Å². The molecule has 1 radical (unpaired) electrons. The highest BCUT2D eigenvalue weighted by atomic mass is 16.1. The molecule has 0 N–H and O–H groups in total. The first-order chi connectivity index (χ1) is 7.83. The molecule has 1 nitrogen and oxygen atoms in total. The number of hydrogen-bond acceptors (Lipinski definition) is 1. The summed E-state index contributed by atoms with van der Waals surface area (Å²) in [4.78, 5) is 12.3. The Morgan fingerprint density at radius 1 is 1.19 bits per heavy atom. The Balaban J connectivity index is 2.14. The molecule has 1 aliphatic rings. The van der Waals surface area contributed by atoms with Crippen molar-refractivity contribution in [2.45, 2.75) is 32.1 Å². The van der Waals surface area contributed by atoms with E-state index in [2.05, 4.69) is 6.92 Å². The normalized spacial score (nSPS) is 25.3. The zero-order valence-electron chi connectivity index (χ0n) is 9.69. The predicted octanol–water partition coefficient (Wildman–Crippen LogP) is 3.90. The van der Waals surface area contributed by atoms with Crippen molar-refractivity contribution in [1.82, 2.24) is 0 Å². The summed E-state index contributed by atoms with van der Waals surface area (Å²) >= 11 is 0. The molecule has 1 aromatic rings. The molecule has 0 spiro atoms. The van der Waals surface area contributed by atoms with Gasteiger partial charge in [-0.1, -0.05) is 50.1 Å². The lowest BCUT2D eigenvalue weighted by Gasteiger charge is -2.29. The van der Waals surface area contributed by atoms with E-state index in [4.69, 9.17) is 0 Å². The summed E-state index contributed by atoms with van der Waals surface area (Å²) in [5, 5.41) is 0. The SMILES string of the molecule is [CH2]CC1CCCCC1C(=O)c1ccccc1. The van der Waals surface area contributed by atoms with Gasteiger partial charge in [0.15, 0.2) is 5.78 Å². The van der Waals surface area contributed by atoms with Gasteiger partial charge in [0.25, 0.3) is 0 Å². The summed E-state index contributed by atoms with van der Waals surface area (Å²) in [6.45, 7) is 3.98. The van der Waals surface area contributed by atoms with Crippen LogP contribution in [0.25, 0.3) is 0 Å². The Hall–Kier alpha value is -1.11. The fourth-order valence-electron chi connectivity index (χ4n) is 2.71. The molecular weight excluding hydrogens is 196 g/mol. The number of Topliss-reactive ketones (excluding diaryl/α,β-unsaturated/α-hetero) is 1. The van der Waals surface area contributed by atoms with E-state index in [9.17, 15) is 4.79 Å². The quantitative estimate of drug-likeness (QED) is 0.699. The van der Waals surface area contributed by atoms with Gasteiger partial charge < -0.3 is 0 Å². The fourth-order valence-corrected chi connectivity index (χ4v) is 2.71. The van der Waals surface area contributed by atoms with Crippen LogP contribution in [0.4, 0.5) is 0 Å². The molecule has 1 saturated carbocycles. The topological polar surface area (TPSA) is 17.1 Å². The van der Waals surface area contributed by atoms with Crippen LogP contribution in [0.1, 0.15) is 42.5 Å². The van der Waals surface area contributed by atoms with E-state index in [0.717, 1.165) is 18.4 Å². The standard InChI is InChI=1S/C15H19O/c1-2-12-8-6-7-11-14(12)15(16)13-9-4-3-5-10-13/h3-5,9-10,12,14H,1-2,6-8,11H2. The van der Waals surface area contributed by atoms with E-state index in [-0.39, 0.29) is 5.92 Å². The molecule has 2 unspecified atom stereocenters. The van der Waals surface area contributed by atoms with Gasteiger partial charge in [0.05, 0.1) is 0 Å². The van der Waals surface area contributed by atoms with Crippen molar-refractivity contribution >= 4 is 5.78 Å². The molecule has 1 fully saturated rings. The lowest BCUT2D eigenvalue weighted by atomic mass is 9.74. The number of rotatable bonds is 3. The maximum atomic E-state index is 12.3. The first-order valence-corrected chi connectivity index (χ1v) is 6.21. The maximum Gasteiger partial charge on any atom is 0.166 e. The van der Waals surface area contributed by atoms with Crippen LogP contribution in [0.3, 0.4) is 0 Å². The second-order valence-electron chi connectivity index (χ2n) is 4.67. The molecule has 0 heterocycles. The third-order valence-electron chi connectivity index (χ3n) is 3.67. The Labute approximate surface area is 97.9 Å². The van der Waals surface area contributed by atoms with Crippen molar-refractivity contribution < 1.29 is 4.79 Å². The van der Waals surface area contributed by atoms with Crippen molar-refractivity contribution in [1.29, 1.82) is 0 Å². The smallest absolute Gasteiger partial charge is 0.166 e. The summed E-state index contributed by atoms with van der Waals surface area (Å²) in [7, 11) is 0. The highest BCUT2D eigenvalue weighted by Crippen LogP contribution is 2.34. The van der Waals surface area contributed by atoms with Gasteiger partial charge in [-0.15, -0.1) is 0 Å². The first kappa shape index (κ1) is 11.4. The van der Waals surface area contributed by atoms with Gasteiger partial charge in [-0.05, 0) is 25.2 Å². The zero-order valence-corrected chi connectivity index (χ0v) is 9.69. The Kier molecular flexibility index (Phi) is 3.76. The molecule has 16 heavy (non-hydrogen) atoms. The second kappa shape index (κ2) is 5.29. The Morgan fingerprint density at radius 3 is 2.56 bits per heavy atom. The van der Waals surface area contributed by atoms with Gasteiger partial charge in [0.2, 0.25) is 0 Å². The van der Waals surface area contributed by atoms with Gasteiger partial charge in [-0.25, -0.2) is 0 Å². The molecule has 1 aliphatic carbocycles. The van der Waals surface area contributed by atoms with E-state index in [1.165, 1.54) is 19.3 Å². The number of hydrogen-bond donors (Lipinski definition) is 0. The molecule has 0 bridgehead atoms. The average molecular weight is 215 g/mol. The molecule has 2 rings (SSSR count). The van der Waals surface area contributed by atoms with Crippen molar-refractivity contribution in [3.05, 3.63) is 42.8 Å². The zero-order chi connectivity index (χ0) is 11.4. The fraction of sp³-hybridized carbons (Fsp3) is 0.467. The van der Waals surface area contributed by atoms with E-state index in [1.54, 1.807) is 0 Å². The molecule has 0 aromatic heterocycles. The Morgan fingerprint density at radius 2 is 1.88 bits per heavy atom. The highest BCUT2D eigenvalue weighted by Gasteiger charge is 2.29. The van der Waals surface area contributed by atoms with Crippen molar-refractivity contribution in [3.63, 3.8) is 0 Å². The second-order valence-corrected chi connectivity index (χ2v) is 4.67. The first-order valence-electron chi connectivity index (χ1n) is 6.21. The van der Waals surface area contributed by atoms with E-state index < -0.39 is 0 Å². The van der Waals surface area contributed by atoms with Crippen LogP contribution in [0.5, 0.6) is 0 Å². The van der Waals surface area contributed by atoms with Crippen LogP contribution in [-0.2, 0) is 0 Å². The summed E-state index contributed by atoms with van der Waals surface area (Å²) in [6, 6.07) is 9.69. The van der Waals surface area contributed by atoms with Crippen LogP contribution >= 0.6 is 0 Å². The largest absolute Gasteiger partial charge is 0.294 e.